The zero-order valence-electron chi connectivity index (χ0n) is 18.2. The normalized spacial score (nSPS) is 10.5. The molecule has 0 unspecified atom stereocenters. The monoisotopic (exact) mass is 420 g/mol. The predicted octanol–water partition coefficient (Wildman–Crippen LogP) is 4.98. The smallest absolute Gasteiger partial charge is 0.335 e. The maximum atomic E-state index is 11.0. The Morgan fingerprint density at radius 3 is 1.74 bits per heavy atom. The lowest BCUT2D eigenvalue weighted by Gasteiger charge is -2.11. The van der Waals surface area contributed by atoms with Crippen LogP contribution in [0.2, 0.25) is 0 Å². The van der Waals surface area contributed by atoms with Gasteiger partial charge in [-0.3, -0.25) is 0 Å². The van der Waals surface area contributed by atoms with Crippen LogP contribution in [0, 0.1) is 0 Å². The minimum absolute atomic E-state index is 0.308. The third kappa shape index (κ3) is 6.01. The Morgan fingerprint density at radius 1 is 0.645 bits per heavy atom. The summed E-state index contributed by atoms with van der Waals surface area (Å²) in [5, 5.41) is 9.03. The fourth-order valence-electron chi connectivity index (χ4n) is 3.56. The molecule has 0 aliphatic heterocycles. The number of aromatic carboxylic acids is 1. The van der Waals surface area contributed by atoms with Crippen LogP contribution in [0.1, 0.15) is 32.6 Å². The molecule has 0 heterocycles. The molecule has 0 radical (unpaired) electrons. The third-order valence-corrected chi connectivity index (χ3v) is 5.32. The Hall–Kier alpha value is -3.47. The second-order valence-electron chi connectivity index (χ2n) is 7.38. The number of hydrogen-bond acceptors (Lipinski definition) is 4. The number of methoxy groups -OCH3 is 3. The molecule has 5 heteroatoms. The maximum absolute atomic E-state index is 11.0. The van der Waals surface area contributed by atoms with Crippen LogP contribution in [0.25, 0.3) is 0 Å². The molecule has 0 atom stereocenters. The molecule has 5 nitrogen and oxygen atoms in total. The van der Waals surface area contributed by atoms with Gasteiger partial charge in [0.1, 0.15) is 5.75 Å². The van der Waals surface area contributed by atoms with E-state index in [1.807, 2.05) is 24.3 Å². The lowest BCUT2D eigenvalue weighted by Crippen LogP contribution is -1.99. The van der Waals surface area contributed by atoms with Crippen LogP contribution in [0.4, 0.5) is 0 Å². The predicted molar refractivity (Wildman–Crippen MR) is 121 cm³/mol. The summed E-state index contributed by atoms with van der Waals surface area (Å²) < 4.78 is 16.2. The molecule has 162 valence electrons. The molecule has 0 fully saturated rings. The minimum atomic E-state index is -0.904. The number of aryl methyl sites for hydroxylation is 4. The summed E-state index contributed by atoms with van der Waals surface area (Å²) in [6, 6.07) is 19.4. The fraction of sp³-hybridized carbons (Fsp3) is 0.269. The van der Waals surface area contributed by atoms with Gasteiger partial charge in [0.15, 0.2) is 11.5 Å². The van der Waals surface area contributed by atoms with Gasteiger partial charge in [-0.05, 0) is 84.3 Å². The van der Waals surface area contributed by atoms with E-state index >= 15 is 0 Å². The van der Waals surface area contributed by atoms with E-state index in [9.17, 15) is 4.79 Å². The summed E-state index contributed by atoms with van der Waals surface area (Å²) >= 11 is 0. The minimum Gasteiger partial charge on any atom is -0.497 e. The Bertz CT molecular complexity index is 1020. The van der Waals surface area contributed by atoms with Gasteiger partial charge in [0.2, 0.25) is 0 Å². The van der Waals surface area contributed by atoms with Crippen LogP contribution in [0.5, 0.6) is 17.2 Å². The highest BCUT2D eigenvalue weighted by Crippen LogP contribution is 2.28. The Kier molecular flexibility index (Phi) is 7.55. The lowest BCUT2D eigenvalue weighted by molar-refractivity contribution is 0.0697. The molecule has 0 bridgehead atoms. The molecule has 31 heavy (non-hydrogen) atoms. The molecule has 0 amide bonds. The molecule has 1 N–H and O–H groups in total. The van der Waals surface area contributed by atoms with Crippen molar-refractivity contribution in [1.29, 1.82) is 0 Å². The second kappa shape index (κ2) is 10.5. The van der Waals surface area contributed by atoms with Gasteiger partial charge >= 0.3 is 5.97 Å². The fourth-order valence-corrected chi connectivity index (χ4v) is 3.56. The summed E-state index contributed by atoms with van der Waals surface area (Å²) in [5.74, 6) is 1.41. The van der Waals surface area contributed by atoms with Gasteiger partial charge in [-0.25, -0.2) is 4.79 Å². The van der Waals surface area contributed by atoms with Crippen molar-refractivity contribution in [2.75, 3.05) is 21.3 Å². The first-order chi connectivity index (χ1) is 15.0. The van der Waals surface area contributed by atoms with E-state index in [4.69, 9.17) is 19.3 Å². The zero-order valence-corrected chi connectivity index (χ0v) is 18.2. The lowest BCUT2D eigenvalue weighted by atomic mass is 9.98. The summed E-state index contributed by atoms with van der Waals surface area (Å²) in [6.45, 7) is 0. The van der Waals surface area contributed by atoms with Gasteiger partial charge in [-0.1, -0.05) is 24.3 Å². The molecule has 3 rings (SSSR count). The van der Waals surface area contributed by atoms with E-state index in [1.165, 1.54) is 16.7 Å². The summed E-state index contributed by atoms with van der Waals surface area (Å²) in [6.07, 6.45) is 3.45. The molecule has 3 aromatic carbocycles. The first kappa shape index (κ1) is 22.2. The molecular weight excluding hydrogens is 392 g/mol. The number of ether oxygens (including phenoxy) is 3. The summed E-state index contributed by atoms with van der Waals surface area (Å²) in [7, 11) is 4.96. The number of carboxylic acid groups (broad SMARTS) is 1. The highest BCUT2D eigenvalue weighted by atomic mass is 16.5. The first-order valence-corrected chi connectivity index (χ1v) is 10.2. The van der Waals surface area contributed by atoms with Crippen LogP contribution in [0.3, 0.4) is 0 Å². The van der Waals surface area contributed by atoms with Gasteiger partial charge in [0.25, 0.3) is 0 Å². The van der Waals surface area contributed by atoms with Crippen LogP contribution in [-0.4, -0.2) is 32.4 Å². The Labute approximate surface area is 183 Å². The summed E-state index contributed by atoms with van der Waals surface area (Å²) in [4.78, 5) is 11.0. The number of benzene rings is 3. The molecule has 0 saturated heterocycles. The van der Waals surface area contributed by atoms with Crippen molar-refractivity contribution in [3.63, 3.8) is 0 Å². The molecule has 0 aromatic heterocycles. The van der Waals surface area contributed by atoms with Crippen molar-refractivity contribution < 1.29 is 24.1 Å². The first-order valence-electron chi connectivity index (χ1n) is 10.2. The standard InChI is InChI=1S/C26H28O5/c1-29-23-15-20(6-4-18-8-11-22(12-9-18)26(27)28)14-21(16-23)7-5-19-10-13-24(30-2)25(17-19)31-3/h8-17H,4-7H2,1-3H3,(H,27,28). The highest BCUT2D eigenvalue weighted by molar-refractivity contribution is 5.87. The van der Waals surface area contributed by atoms with Gasteiger partial charge < -0.3 is 19.3 Å². The van der Waals surface area contributed by atoms with Crippen LogP contribution >= 0.6 is 0 Å². The van der Waals surface area contributed by atoms with Gasteiger partial charge in [-0.15, -0.1) is 0 Å². The topological polar surface area (TPSA) is 65.0 Å². The van der Waals surface area contributed by atoms with E-state index in [2.05, 4.69) is 24.3 Å². The van der Waals surface area contributed by atoms with Gasteiger partial charge in [0, 0.05) is 0 Å². The molecule has 0 aliphatic rings. The number of carbonyl (C=O) groups is 1. The van der Waals surface area contributed by atoms with Crippen molar-refractivity contribution in [3.8, 4) is 17.2 Å². The van der Waals surface area contributed by atoms with Crippen LogP contribution < -0.4 is 14.2 Å². The number of carboxylic acids is 1. The van der Waals surface area contributed by atoms with E-state index in [0.717, 1.165) is 48.5 Å². The largest absolute Gasteiger partial charge is 0.497 e. The second-order valence-corrected chi connectivity index (χ2v) is 7.38. The van der Waals surface area contributed by atoms with E-state index in [0.29, 0.717) is 5.56 Å². The van der Waals surface area contributed by atoms with Crippen molar-refractivity contribution >= 4 is 5.97 Å². The number of hydrogen-bond donors (Lipinski definition) is 1. The summed E-state index contributed by atoms with van der Waals surface area (Å²) in [5.41, 5.74) is 5.01. The quantitative estimate of drug-likeness (QED) is 0.501. The van der Waals surface area contributed by atoms with Crippen LogP contribution in [0.15, 0.2) is 60.7 Å². The number of rotatable bonds is 10. The van der Waals surface area contributed by atoms with E-state index in [-0.39, 0.29) is 0 Å². The SMILES string of the molecule is COc1cc(CCc2ccc(C(=O)O)cc2)cc(CCc2ccc(OC)c(OC)c2)c1. The molecule has 0 spiro atoms. The zero-order chi connectivity index (χ0) is 22.2. The highest BCUT2D eigenvalue weighted by Gasteiger charge is 2.07. The van der Waals surface area contributed by atoms with E-state index in [1.54, 1.807) is 33.5 Å². The van der Waals surface area contributed by atoms with E-state index < -0.39 is 5.97 Å². The van der Waals surface area contributed by atoms with Gasteiger partial charge in [0.05, 0.1) is 26.9 Å². The maximum Gasteiger partial charge on any atom is 0.335 e. The Morgan fingerprint density at radius 2 is 1.19 bits per heavy atom. The average Bonchev–Trinajstić information content (AvgIpc) is 2.81. The van der Waals surface area contributed by atoms with Crippen molar-refractivity contribution in [3.05, 3.63) is 88.5 Å². The third-order valence-electron chi connectivity index (χ3n) is 5.32. The Balaban J connectivity index is 1.68. The van der Waals surface area contributed by atoms with Crippen molar-refractivity contribution in [2.24, 2.45) is 0 Å². The molecule has 0 aliphatic carbocycles. The van der Waals surface area contributed by atoms with Crippen molar-refractivity contribution in [1.82, 2.24) is 0 Å². The molecular formula is C26H28O5. The average molecular weight is 421 g/mol. The van der Waals surface area contributed by atoms with Crippen molar-refractivity contribution in [2.45, 2.75) is 25.7 Å². The molecule has 3 aromatic rings. The van der Waals surface area contributed by atoms with Crippen LogP contribution in [-0.2, 0) is 25.7 Å². The molecule has 0 saturated carbocycles. The van der Waals surface area contributed by atoms with Gasteiger partial charge in [-0.2, -0.15) is 0 Å².